The summed E-state index contributed by atoms with van der Waals surface area (Å²) in [7, 11) is 1.51. The SMILES string of the molecule is CCC(Oc1ccc(CO)cc1OC)/C(N)=N/O. The number of hydrogen-bond donors (Lipinski definition) is 3. The summed E-state index contributed by atoms with van der Waals surface area (Å²) in [5, 5.41) is 20.6. The van der Waals surface area contributed by atoms with Gasteiger partial charge in [0.05, 0.1) is 13.7 Å². The second-order valence-electron chi connectivity index (χ2n) is 3.68. The molecule has 6 heteroatoms. The highest BCUT2D eigenvalue weighted by molar-refractivity contribution is 5.84. The Morgan fingerprint density at radius 1 is 1.44 bits per heavy atom. The first-order valence-corrected chi connectivity index (χ1v) is 5.58. The van der Waals surface area contributed by atoms with Crippen molar-refractivity contribution in [2.75, 3.05) is 7.11 Å². The zero-order chi connectivity index (χ0) is 13.5. The van der Waals surface area contributed by atoms with E-state index in [-0.39, 0.29) is 12.4 Å². The predicted molar refractivity (Wildman–Crippen MR) is 67.0 cm³/mol. The van der Waals surface area contributed by atoms with Gasteiger partial charge in [0.1, 0.15) is 0 Å². The van der Waals surface area contributed by atoms with Crippen molar-refractivity contribution in [3.63, 3.8) is 0 Å². The zero-order valence-electron chi connectivity index (χ0n) is 10.5. The number of amidine groups is 1. The van der Waals surface area contributed by atoms with Crippen LogP contribution in [-0.4, -0.2) is 29.4 Å². The summed E-state index contributed by atoms with van der Waals surface area (Å²) in [6, 6.07) is 5.07. The molecule has 1 aromatic carbocycles. The van der Waals surface area contributed by atoms with E-state index < -0.39 is 6.10 Å². The van der Waals surface area contributed by atoms with Crippen molar-refractivity contribution in [1.29, 1.82) is 0 Å². The van der Waals surface area contributed by atoms with Crippen LogP contribution in [0.4, 0.5) is 0 Å². The Labute approximate surface area is 106 Å². The van der Waals surface area contributed by atoms with Gasteiger partial charge >= 0.3 is 0 Å². The number of methoxy groups -OCH3 is 1. The summed E-state index contributed by atoms with van der Waals surface area (Å²) in [6.07, 6.45) is 0.0322. The third kappa shape index (κ3) is 3.27. The minimum Gasteiger partial charge on any atom is -0.493 e. The highest BCUT2D eigenvalue weighted by Gasteiger charge is 2.16. The van der Waals surface area contributed by atoms with E-state index >= 15 is 0 Å². The fourth-order valence-electron chi connectivity index (χ4n) is 1.48. The summed E-state index contributed by atoms with van der Waals surface area (Å²) in [5.41, 5.74) is 6.24. The van der Waals surface area contributed by atoms with Crippen LogP contribution in [-0.2, 0) is 6.61 Å². The maximum Gasteiger partial charge on any atom is 0.180 e. The van der Waals surface area contributed by atoms with Crippen LogP contribution in [0.2, 0.25) is 0 Å². The molecule has 4 N–H and O–H groups in total. The summed E-state index contributed by atoms with van der Waals surface area (Å²) < 4.78 is 10.8. The number of nitrogens with two attached hydrogens (primary N) is 1. The van der Waals surface area contributed by atoms with Crippen LogP contribution in [0.15, 0.2) is 23.4 Å². The third-order valence-corrected chi connectivity index (χ3v) is 2.50. The van der Waals surface area contributed by atoms with Crippen LogP contribution in [0, 0.1) is 0 Å². The van der Waals surface area contributed by atoms with Crippen LogP contribution < -0.4 is 15.2 Å². The number of aliphatic hydroxyl groups excluding tert-OH is 1. The van der Waals surface area contributed by atoms with Gasteiger partial charge in [0, 0.05) is 0 Å². The van der Waals surface area contributed by atoms with Gasteiger partial charge < -0.3 is 25.5 Å². The molecule has 0 aliphatic heterocycles. The van der Waals surface area contributed by atoms with Crippen molar-refractivity contribution < 1.29 is 19.8 Å². The number of aliphatic hydroxyl groups is 1. The van der Waals surface area contributed by atoms with Gasteiger partial charge in [-0.05, 0) is 24.1 Å². The second-order valence-corrected chi connectivity index (χ2v) is 3.68. The standard InChI is InChI=1S/C12H18N2O4/c1-3-9(12(13)14-16)18-10-5-4-8(7-15)6-11(10)17-2/h4-6,9,15-16H,3,7H2,1-2H3,(H2,13,14). The highest BCUT2D eigenvalue weighted by atomic mass is 16.5. The molecule has 0 spiro atoms. The number of rotatable bonds is 6. The fraction of sp³-hybridized carbons (Fsp3) is 0.417. The fourth-order valence-corrected chi connectivity index (χ4v) is 1.48. The number of hydrogen-bond acceptors (Lipinski definition) is 5. The molecular weight excluding hydrogens is 236 g/mol. The van der Waals surface area contributed by atoms with E-state index in [1.54, 1.807) is 18.2 Å². The zero-order valence-corrected chi connectivity index (χ0v) is 10.5. The molecule has 1 unspecified atom stereocenters. The van der Waals surface area contributed by atoms with Crippen molar-refractivity contribution in [1.82, 2.24) is 0 Å². The smallest absolute Gasteiger partial charge is 0.180 e. The molecule has 0 saturated heterocycles. The minimum absolute atomic E-state index is 0.00536. The lowest BCUT2D eigenvalue weighted by Crippen LogP contribution is -2.33. The molecular formula is C12H18N2O4. The Morgan fingerprint density at radius 3 is 2.67 bits per heavy atom. The molecule has 0 fully saturated rings. The normalized spacial score (nSPS) is 13.2. The lowest BCUT2D eigenvalue weighted by atomic mass is 10.2. The molecule has 0 aromatic heterocycles. The quantitative estimate of drug-likeness (QED) is 0.305. The summed E-state index contributed by atoms with van der Waals surface area (Å²) in [6.45, 7) is 1.78. The summed E-state index contributed by atoms with van der Waals surface area (Å²) in [5.74, 6) is 0.977. The lowest BCUT2D eigenvalue weighted by molar-refractivity contribution is 0.235. The van der Waals surface area contributed by atoms with Gasteiger partial charge in [0.15, 0.2) is 23.4 Å². The molecule has 1 rings (SSSR count). The topological polar surface area (TPSA) is 97.3 Å². The molecule has 0 amide bonds. The van der Waals surface area contributed by atoms with Crippen LogP contribution in [0.3, 0.4) is 0 Å². The van der Waals surface area contributed by atoms with Crippen molar-refractivity contribution in [3.8, 4) is 11.5 Å². The lowest BCUT2D eigenvalue weighted by Gasteiger charge is -2.18. The molecule has 100 valence electrons. The van der Waals surface area contributed by atoms with Crippen molar-refractivity contribution in [2.24, 2.45) is 10.9 Å². The Kier molecular flexibility index (Phi) is 5.26. The average Bonchev–Trinajstić information content (AvgIpc) is 2.43. The second kappa shape index (κ2) is 6.70. The van der Waals surface area contributed by atoms with Gasteiger partial charge in [0.25, 0.3) is 0 Å². The monoisotopic (exact) mass is 254 g/mol. The van der Waals surface area contributed by atoms with Crippen molar-refractivity contribution >= 4 is 5.84 Å². The molecule has 0 saturated carbocycles. The molecule has 0 aliphatic rings. The van der Waals surface area contributed by atoms with Gasteiger partial charge in [-0.15, -0.1) is 0 Å². The average molecular weight is 254 g/mol. The maximum absolute atomic E-state index is 9.03. The van der Waals surface area contributed by atoms with Crippen LogP contribution >= 0.6 is 0 Å². The summed E-state index contributed by atoms with van der Waals surface area (Å²) >= 11 is 0. The van der Waals surface area contributed by atoms with E-state index in [0.29, 0.717) is 17.9 Å². The van der Waals surface area contributed by atoms with E-state index in [9.17, 15) is 0 Å². The van der Waals surface area contributed by atoms with Crippen LogP contribution in [0.25, 0.3) is 0 Å². The van der Waals surface area contributed by atoms with Gasteiger partial charge in [-0.25, -0.2) is 0 Å². The van der Waals surface area contributed by atoms with Crippen LogP contribution in [0.1, 0.15) is 18.9 Å². The molecule has 0 aliphatic carbocycles. The number of oxime groups is 1. The summed E-state index contributed by atoms with van der Waals surface area (Å²) in [4.78, 5) is 0. The first-order valence-electron chi connectivity index (χ1n) is 5.58. The van der Waals surface area contributed by atoms with E-state index in [1.807, 2.05) is 6.92 Å². The molecule has 0 bridgehead atoms. The Hall–Kier alpha value is -1.95. The van der Waals surface area contributed by atoms with Gasteiger partial charge in [0.2, 0.25) is 0 Å². The van der Waals surface area contributed by atoms with E-state index in [1.165, 1.54) is 7.11 Å². The van der Waals surface area contributed by atoms with E-state index in [2.05, 4.69) is 5.16 Å². The van der Waals surface area contributed by atoms with Gasteiger partial charge in [-0.1, -0.05) is 18.1 Å². The molecule has 6 nitrogen and oxygen atoms in total. The molecule has 0 heterocycles. The first kappa shape index (κ1) is 14.1. The highest BCUT2D eigenvalue weighted by Crippen LogP contribution is 2.29. The van der Waals surface area contributed by atoms with E-state index in [0.717, 1.165) is 5.56 Å². The number of ether oxygens (including phenoxy) is 2. The molecule has 1 aromatic rings. The Bertz CT molecular complexity index is 421. The largest absolute Gasteiger partial charge is 0.493 e. The Morgan fingerprint density at radius 2 is 2.17 bits per heavy atom. The number of nitrogens with zero attached hydrogens (tertiary/aromatic N) is 1. The first-order chi connectivity index (χ1) is 8.65. The Balaban J connectivity index is 2.95. The van der Waals surface area contributed by atoms with Gasteiger partial charge in [-0.2, -0.15) is 0 Å². The molecule has 0 radical (unpaired) electrons. The predicted octanol–water partition coefficient (Wildman–Crippen LogP) is 1.09. The van der Waals surface area contributed by atoms with Gasteiger partial charge in [-0.3, -0.25) is 0 Å². The molecule has 1 atom stereocenters. The third-order valence-electron chi connectivity index (χ3n) is 2.50. The van der Waals surface area contributed by atoms with Crippen molar-refractivity contribution in [3.05, 3.63) is 23.8 Å². The molecule has 18 heavy (non-hydrogen) atoms. The van der Waals surface area contributed by atoms with Crippen molar-refractivity contribution in [2.45, 2.75) is 26.1 Å². The van der Waals surface area contributed by atoms with Crippen LogP contribution in [0.5, 0.6) is 11.5 Å². The minimum atomic E-state index is -0.524. The maximum atomic E-state index is 9.03. The number of benzene rings is 1. The van der Waals surface area contributed by atoms with E-state index in [4.69, 9.17) is 25.5 Å².